The lowest BCUT2D eigenvalue weighted by Gasteiger charge is -2.00. The summed E-state index contributed by atoms with van der Waals surface area (Å²) in [6.07, 6.45) is 22.4. The number of ketones is 1. The van der Waals surface area contributed by atoms with E-state index < -0.39 is 0 Å². The van der Waals surface area contributed by atoms with E-state index in [1.165, 1.54) is 77.0 Å². The monoisotopic (exact) mass is 348 g/mol. The van der Waals surface area contributed by atoms with Crippen molar-refractivity contribution in [3.8, 4) is 0 Å². The van der Waals surface area contributed by atoms with Crippen molar-refractivity contribution in [3.63, 3.8) is 0 Å². The van der Waals surface area contributed by atoms with Crippen LogP contribution in [0.4, 0.5) is 0 Å². The van der Waals surface area contributed by atoms with Crippen LogP contribution < -0.4 is 0 Å². The molecule has 0 radical (unpaired) electrons. The molecule has 0 bridgehead atoms. The van der Waals surface area contributed by atoms with E-state index in [1.54, 1.807) is 11.3 Å². The number of carbonyl (C=O) groups excluding carboxylic acids is 1. The molecule has 0 aliphatic carbocycles. The third-order valence-corrected chi connectivity index (χ3v) is 5.37. The highest BCUT2D eigenvalue weighted by Crippen LogP contribution is 2.15. The van der Waals surface area contributed by atoms with Crippen LogP contribution in [0.3, 0.4) is 0 Å². The van der Waals surface area contributed by atoms with Crippen LogP contribution >= 0.6 is 11.3 Å². The van der Waals surface area contributed by atoms with Crippen molar-refractivity contribution in [1.82, 2.24) is 0 Å². The molecule has 2 heteroatoms. The van der Waals surface area contributed by atoms with E-state index in [2.05, 4.69) is 19.1 Å². The summed E-state index contributed by atoms with van der Waals surface area (Å²) in [6, 6.07) is 3.89. The minimum Gasteiger partial charge on any atom is -0.293 e. The van der Waals surface area contributed by atoms with Crippen molar-refractivity contribution >= 4 is 17.1 Å². The fraction of sp³-hybridized carbons (Fsp3) is 0.682. The van der Waals surface area contributed by atoms with Crippen molar-refractivity contribution in [2.45, 2.75) is 96.8 Å². The Hall–Kier alpha value is -0.890. The van der Waals surface area contributed by atoms with E-state index in [1.807, 2.05) is 17.5 Å². The van der Waals surface area contributed by atoms with E-state index in [4.69, 9.17) is 0 Å². The second-order valence-corrected chi connectivity index (χ2v) is 7.68. The van der Waals surface area contributed by atoms with Crippen LogP contribution in [-0.2, 0) is 0 Å². The normalized spacial score (nSPS) is 11.4. The Morgan fingerprint density at radius 1 is 0.875 bits per heavy atom. The molecule has 0 N–H and O–H groups in total. The fourth-order valence-electron chi connectivity index (χ4n) is 2.92. The Morgan fingerprint density at radius 3 is 2.04 bits per heavy atom. The molecule has 1 aromatic heterocycles. The SMILES string of the molecule is CCCCCCCCC=CCCCCCCCC(=O)c1cccs1. The molecular formula is C22H36OS. The first-order valence-electron chi connectivity index (χ1n) is 10.1. The van der Waals surface area contributed by atoms with Crippen LogP contribution in [0.2, 0.25) is 0 Å². The maximum absolute atomic E-state index is 11.8. The summed E-state index contributed by atoms with van der Waals surface area (Å²) in [5, 5.41) is 1.98. The van der Waals surface area contributed by atoms with Crippen molar-refractivity contribution < 1.29 is 4.79 Å². The van der Waals surface area contributed by atoms with Gasteiger partial charge >= 0.3 is 0 Å². The molecule has 136 valence electrons. The van der Waals surface area contributed by atoms with Gasteiger partial charge < -0.3 is 0 Å². The molecular weight excluding hydrogens is 312 g/mol. The molecule has 1 heterocycles. The number of unbranched alkanes of at least 4 members (excludes halogenated alkanes) is 11. The van der Waals surface area contributed by atoms with Gasteiger partial charge in [0.25, 0.3) is 0 Å². The van der Waals surface area contributed by atoms with Crippen LogP contribution in [-0.4, -0.2) is 5.78 Å². The number of hydrogen-bond acceptors (Lipinski definition) is 2. The van der Waals surface area contributed by atoms with E-state index in [0.29, 0.717) is 5.78 Å². The van der Waals surface area contributed by atoms with Gasteiger partial charge in [-0.25, -0.2) is 0 Å². The maximum Gasteiger partial charge on any atom is 0.172 e. The standard InChI is InChI=1S/C22H36OS/c1-2-3-4-5-6-7-8-9-10-11-12-13-14-15-16-18-21(23)22-19-17-20-24-22/h9-10,17,19-20H,2-8,11-16,18H2,1H3. The molecule has 1 rings (SSSR count). The molecule has 1 nitrogen and oxygen atoms in total. The summed E-state index contributed by atoms with van der Waals surface area (Å²) in [5.41, 5.74) is 0. The predicted octanol–water partition coefficient (Wildman–Crippen LogP) is 7.97. The minimum absolute atomic E-state index is 0.322. The molecule has 0 saturated heterocycles. The highest BCUT2D eigenvalue weighted by molar-refractivity contribution is 7.12. The lowest BCUT2D eigenvalue weighted by Crippen LogP contribution is -1.95. The predicted molar refractivity (Wildman–Crippen MR) is 108 cm³/mol. The second kappa shape index (κ2) is 15.6. The molecule has 0 amide bonds. The Kier molecular flexibility index (Phi) is 13.8. The molecule has 0 aromatic carbocycles. The van der Waals surface area contributed by atoms with Gasteiger partial charge in [0.05, 0.1) is 4.88 Å². The van der Waals surface area contributed by atoms with Gasteiger partial charge in [0.15, 0.2) is 5.78 Å². The Morgan fingerprint density at radius 2 is 1.46 bits per heavy atom. The van der Waals surface area contributed by atoms with E-state index in [-0.39, 0.29) is 0 Å². The third-order valence-electron chi connectivity index (χ3n) is 4.46. The van der Waals surface area contributed by atoms with Crippen LogP contribution in [0.15, 0.2) is 29.7 Å². The number of carbonyl (C=O) groups is 1. The third kappa shape index (κ3) is 11.6. The largest absolute Gasteiger partial charge is 0.293 e. The van der Waals surface area contributed by atoms with Gasteiger partial charge in [0, 0.05) is 6.42 Å². The van der Waals surface area contributed by atoms with Gasteiger partial charge in [0.2, 0.25) is 0 Å². The summed E-state index contributed by atoms with van der Waals surface area (Å²) >= 11 is 1.56. The number of thiophene rings is 1. The van der Waals surface area contributed by atoms with Gasteiger partial charge in [-0.15, -0.1) is 11.3 Å². The van der Waals surface area contributed by atoms with Crippen molar-refractivity contribution in [2.75, 3.05) is 0 Å². The van der Waals surface area contributed by atoms with E-state index in [9.17, 15) is 4.79 Å². The van der Waals surface area contributed by atoms with Gasteiger partial charge in [-0.1, -0.05) is 76.5 Å². The first-order chi connectivity index (χ1) is 11.8. The minimum atomic E-state index is 0.322. The first kappa shape index (κ1) is 21.2. The summed E-state index contributed by atoms with van der Waals surface area (Å²) in [7, 11) is 0. The molecule has 0 unspecified atom stereocenters. The van der Waals surface area contributed by atoms with Crippen LogP contribution in [0.1, 0.15) is 106 Å². The average molecular weight is 349 g/mol. The van der Waals surface area contributed by atoms with Gasteiger partial charge in [-0.05, 0) is 43.6 Å². The topological polar surface area (TPSA) is 17.1 Å². The second-order valence-electron chi connectivity index (χ2n) is 6.73. The quantitative estimate of drug-likeness (QED) is 0.168. The zero-order chi connectivity index (χ0) is 17.3. The fourth-order valence-corrected chi connectivity index (χ4v) is 3.61. The number of rotatable bonds is 16. The number of Topliss-reactive ketones (excluding diaryl/α,β-unsaturated/α-hetero) is 1. The zero-order valence-electron chi connectivity index (χ0n) is 15.6. The van der Waals surface area contributed by atoms with Crippen LogP contribution in [0.25, 0.3) is 0 Å². The van der Waals surface area contributed by atoms with Gasteiger partial charge in [-0.3, -0.25) is 4.79 Å². The maximum atomic E-state index is 11.8. The van der Waals surface area contributed by atoms with Crippen LogP contribution in [0, 0.1) is 0 Å². The molecule has 0 atom stereocenters. The number of allylic oxidation sites excluding steroid dienone is 2. The first-order valence-corrected chi connectivity index (χ1v) is 10.9. The summed E-state index contributed by atoms with van der Waals surface area (Å²) in [6.45, 7) is 2.27. The molecule has 0 fully saturated rings. The Bertz CT molecular complexity index is 419. The smallest absolute Gasteiger partial charge is 0.172 e. The molecule has 0 saturated carbocycles. The molecule has 1 aromatic rings. The average Bonchev–Trinajstić information content (AvgIpc) is 3.13. The zero-order valence-corrected chi connectivity index (χ0v) is 16.4. The lowest BCUT2D eigenvalue weighted by atomic mass is 10.1. The highest BCUT2D eigenvalue weighted by atomic mass is 32.1. The summed E-state index contributed by atoms with van der Waals surface area (Å²) in [5.74, 6) is 0.322. The van der Waals surface area contributed by atoms with Gasteiger partial charge in [0.1, 0.15) is 0 Å². The van der Waals surface area contributed by atoms with Crippen molar-refractivity contribution in [2.24, 2.45) is 0 Å². The van der Waals surface area contributed by atoms with Crippen molar-refractivity contribution in [1.29, 1.82) is 0 Å². The van der Waals surface area contributed by atoms with Crippen molar-refractivity contribution in [3.05, 3.63) is 34.5 Å². The molecule has 0 aliphatic heterocycles. The summed E-state index contributed by atoms with van der Waals surface area (Å²) in [4.78, 5) is 12.8. The number of hydrogen-bond donors (Lipinski definition) is 0. The highest BCUT2D eigenvalue weighted by Gasteiger charge is 2.05. The Labute approximate surface area is 153 Å². The lowest BCUT2D eigenvalue weighted by molar-refractivity contribution is 0.0983. The molecule has 0 aliphatic rings. The van der Waals surface area contributed by atoms with Gasteiger partial charge in [-0.2, -0.15) is 0 Å². The molecule has 24 heavy (non-hydrogen) atoms. The summed E-state index contributed by atoms with van der Waals surface area (Å²) < 4.78 is 0. The molecule has 0 spiro atoms. The van der Waals surface area contributed by atoms with E-state index in [0.717, 1.165) is 17.7 Å². The Balaban J connectivity index is 1.80. The van der Waals surface area contributed by atoms with E-state index >= 15 is 0 Å². The van der Waals surface area contributed by atoms with Crippen LogP contribution in [0.5, 0.6) is 0 Å².